The fourth-order valence-electron chi connectivity index (χ4n) is 5.72. The highest BCUT2D eigenvalue weighted by molar-refractivity contribution is 4.96. The summed E-state index contributed by atoms with van der Waals surface area (Å²) >= 11 is 0. The van der Waals surface area contributed by atoms with Gasteiger partial charge in [-0.05, 0) is 25.7 Å². The predicted octanol–water partition coefficient (Wildman–Crippen LogP) is 11.2. The van der Waals surface area contributed by atoms with Gasteiger partial charge in [-0.2, -0.15) is 0 Å². The van der Waals surface area contributed by atoms with Crippen molar-refractivity contribution >= 4 is 0 Å². The second-order valence-electron chi connectivity index (χ2n) is 11.5. The Morgan fingerprint density at radius 3 is 1.11 bits per heavy atom. The molecule has 1 aliphatic heterocycles. The average Bonchev–Trinajstić information content (AvgIpc) is 3.24. The highest BCUT2D eigenvalue weighted by Crippen LogP contribution is 2.23. The third-order valence-corrected chi connectivity index (χ3v) is 8.03. The Morgan fingerprint density at radius 1 is 0.371 bits per heavy atom. The van der Waals surface area contributed by atoms with E-state index >= 15 is 0 Å². The highest BCUT2D eigenvalue weighted by atomic mass is 15.4. The van der Waals surface area contributed by atoms with E-state index in [0.717, 1.165) is 0 Å². The summed E-state index contributed by atoms with van der Waals surface area (Å²) in [4.78, 5) is 5.29. The van der Waals surface area contributed by atoms with Crippen LogP contribution >= 0.6 is 0 Å². The van der Waals surface area contributed by atoms with Crippen LogP contribution in [0.3, 0.4) is 0 Å². The zero-order chi connectivity index (χ0) is 25.2. The Balaban J connectivity index is 2.02. The Labute approximate surface area is 222 Å². The maximum Gasteiger partial charge on any atom is 0.101 e. The molecule has 0 aromatic heterocycles. The van der Waals surface area contributed by atoms with Crippen LogP contribution in [0.15, 0.2) is 12.4 Å². The van der Waals surface area contributed by atoms with Crippen molar-refractivity contribution in [1.29, 1.82) is 0 Å². The lowest BCUT2D eigenvalue weighted by Crippen LogP contribution is -2.39. The van der Waals surface area contributed by atoms with Gasteiger partial charge in [-0.15, -0.1) is 0 Å². The van der Waals surface area contributed by atoms with Gasteiger partial charge in [-0.25, -0.2) is 0 Å². The molecule has 0 N–H and O–H groups in total. The lowest BCUT2D eigenvalue weighted by Gasteiger charge is -2.33. The van der Waals surface area contributed by atoms with Gasteiger partial charge in [0.25, 0.3) is 0 Å². The molecule has 0 radical (unpaired) electrons. The molecule has 1 aliphatic rings. The zero-order valence-corrected chi connectivity index (χ0v) is 24.7. The molecule has 0 saturated carbocycles. The van der Waals surface area contributed by atoms with E-state index in [1.165, 1.54) is 174 Å². The average molecular weight is 491 g/mol. The van der Waals surface area contributed by atoms with Gasteiger partial charge in [0.05, 0.1) is 0 Å². The van der Waals surface area contributed by atoms with Crippen molar-refractivity contribution < 1.29 is 0 Å². The van der Waals surface area contributed by atoms with E-state index < -0.39 is 0 Å². The molecule has 1 atom stereocenters. The summed E-state index contributed by atoms with van der Waals surface area (Å²) in [5, 5.41) is 0. The molecule has 0 fully saturated rings. The molecule has 0 aromatic rings. The van der Waals surface area contributed by atoms with Crippen molar-refractivity contribution in [1.82, 2.24) is 9.80 Å². The minimum Gasteiger partial charge on any atom is -0.356 e. The summed E-state index contributed by atoms with van der Waals surface area (Å²) in [5.74, 6) is 0. The van der Waals surface area contributed by atoms with Crippen LogP contribution in [0.2, 0.25) is 0 Å². The van der Waals surface area contributed by atoms with Crippen molar-refractivity contribution in [3.63, 3.8) is 0 Å². The first-order valence-electron chi connectivity index (χ1n) is 16.5. The van der Waals surface area contributed by atoms with Crippen LogP contribution in [-0.2, 0) is 0 Å². The Bertz CT molecular complexity index is 446. The van der Waals surface area contributed by atoms with Crippen LogP contribution in [0.1, 0.15) is 181 Å². The molecule has 208 valence electrons. The van der Waals surface area contributed by atoms with E-state index in [-0.39, 0.29) is 0 Å². The summed E-state index contributed by atoms with van der Waals surface area (Å²) in [6, 6.07) is 0. The van der Waals surface area contributed by atoms with Crippen LogP contribution in [0, 0.1) is 0 Å². The molecule has 0 aliphatic carbocycles. The smallest absolute Gasteiger partial charge is 0.101 e. The topological polar surface area (TPSA) is 6.48 Å². The molecular formula is C33H66N2. The number of hydrogen-bond donors (Lipinski definition) is 0. The van der Waals surface area contributed by atoms with Gasteiger partial charge < -0.3 is 9.80 Å². The SMILES string of the molecule is CCCCCCCCCCCCCCCCN1C=CN(CCC)C1CCCCCCCCCCC. The lowest BCUT2D eigenvalue weighted by molar-refractivity contribution is 0.137. The highest BCUT2D eigenvalue weighted by Gasteiger charge is 2.24. The molecule has 2 nitrogen and oxygen atoms in total. The normalized spacial score (nSPS) is 15.6. The monoisotopic (exact) mass is 491 g/mol. The predicted molar refractivity (Wildman–Crippen MR) is 159 cm³/mol. The third-order valence-electron chi connectivity index (χ3n) is 8.03. The van der Waals surface area contributed by atoms with Crippen LogP contribution in [0.5, 0.6) is 0 Å². The molecule has 2 heteroatoms. The molecule has 1 unspecified atom stereocenters. The first-order valence-corrected chi connectivity index (χ1v) is 16.5. The maximum absolute atomic E-state index is 2.67. The lowest BCUT2D eigenvalue weighted by atomic mass is 10.0. The van der Waals surface area contributed by atoms with Gasteiger partial charge in [-0.3, -0.25) is 0 Å². The molecule has 0 saturated heterocycles. The van der Waals surface area contributed by atoms with Crippen molar-refractivity contribution in [2.45, 2.75) is 187 Å². The standard InChI is InChI=1S/C33H66N2/c1-4-7-9-11-13-15-16-17-18-19-21-23-25-27-30-35-32-31-34(29-6-3)33(35)28-26-24-22-20-14-12-10-8-5-2/h31-33H,4-30H2,1-3H3. The second kappa shape index (κ2) is 25.0. The van der Waals surface area contributed by atoms with Crippen molar-refractivity contribution in [2.75, 3.05) is 13.1 Å². The number of unbranched alkanes of at least 4 members (excludes halogenated alkanes) is 21. The summed E-state index contributed by atoms with van der Waals surface area (Å²) in [5.41, 5.74) is 0. The van der Waals surface area contributed by atoms with Gasteiger partial charge in [0.15, 0.2) is 0 Å². The molecule has 1 heterocycles. The minimum atomic E-state index is 0.640. The second-order valence-corrected chi connectivity index (χ2v) is 11.5. The maximum atomic E-state index is 2.67. The van der Waals surface area contributed by atoms with E-state index in [4.69, 9.17) is 0 Å². The van der Waals surface area contributed by atoms with Crippen molar-refractivity contribution in [3.8, 4) is 0 Å². The van der Waals surface area contributed by atoms with Gasteiger partial charge >= 0.3 is 0 Å². The van der Waals surface area contributed by atoms with E-state index in [2.05, 4.69) is 43.0 Å². The molecule has 0 aromatic carbocycles. The quantitative estimate of drug-likeness (QED) is 0.106. The van der Waals surface area contributed by atoms with Gasteiger partial charge in [-0.1, -0.05) is 156 Å². The third kappa shape index (κ3) is 18.3. The molecule has 35 heavy (non-hydrogen) atoms. The van der Waals surface area contributed by atoms with Gasteiger partial charge in [0.2, 0.25) is 0 Å². The van der Waals surface area contributed by atoms with Crippen LogP contribution in [0.25, 0.3) is 0 Å². The Kier molecular flexibility index (Phi) is 23.1. The summed E-state index contributed by atoms with van der Waals surface area (Å²) < 4.78 is 0. The van der Waals surface area contributed by atoms with E-state index in [9.17, 15) is 0 Å². The summed E-state index contributed by atoms with van der Waals surface area (Å²) in [7, 11) is 0. The number of nitrogens with zero attached hydrogens (tertiary/aromatic N) is 2. The fourth-order valence-corrected chi connectivity index (χ4v) is 5.72. The largest absolute Gasteiger partial charge is 0.356 e. The van der Waals surface area contributed by atoms with Crippen molar-refractivity contribution in [2.24, 2.45) is 0 Å². The van der Waals surface area contributed by atoms with Crippen LogP contribution < -0.4 is 0 Å². The first kappa shape index (κ1) is 32.4. The molecule has 1 rings (SSSR count). The van der Waals surface area contributed by atoms with E-state index in [1.54, 1.807) is 0 Å². The summed E-state index contributed by atoms with van der Waals surface area (Å²) in [6.45, 7) is 9.41. The summed E-state index contributed by atoms with van der Waals surface area (Å²) in [6.07, 6.45) is 41.1. The minimum absolute atomic E-state index is 0.640. The molecule has 0 spiro atoms. The van der Waals surface area contributed by atoms with E-state index in [0.29, 0.717) is 6.17 Å². The van der Waals surface area contributed by atoms with Gasteiger partial charge in [0.1, 0.15) is 6.17 Å². The molecule has 0 bridgehead atoms. The van der Waals surface area contributed by atoms with Gasteiger partial charge in [0, 0.05) is 25.5 Å². The number of rotatable bonds is 27. The Hall–Kier alpha value is -0.660. The Morgan fingerprint density at radius 2 is 0.714 bits per heavy atom. The first-order chi connectivity index (χ1) is 17.3. The van der Waals surface area contributed by atoms with E-state index in [1.807, 2.05) is 0 Å². The molecule has 0 amide bonds. The molecular weight excluding hydrogens is 424 g/mol. The zero-order valence-electron chi connectivity index (χ0n) is 24.7. The van der Waals surface area contributed by atoms with Crippen LogP contribution in [-0.4, -0.2) is 29.1 Å². The number of hydrogen-bond acceptors (Lipinski definition) is 2. The van der Waals surface area contributed by atoms with Crippen LogP contribution in [0.4, 0.5) is 0 Å². The fraction of sp³-hybridized carbons (Fsp3) is 0.939. The van der Waals surface area contributed by atoms with Crippen molar-refractivity contribution in [3.05, 3.63) is 12.4 Å².